The number of allylic oxidation sites excluding steroid dienone is 1. The van der Waals surface area contributed by atoms with Gasteiger partial charge >= 0.3 is 0 Å². The molecule has 14 heteroatoms. The summed E-state index contributed by atoms with van der Waals surface area (Å²) in [6, 6.07) is 5.74. The number of hydrogen-bond acceptors (Lipinski definition) is 10. The fourth-order valence-electron chi connectivity index (χ4n) is 8.84. The number of aryl methyl sites for hydroxylation is 1. The minimum Gasteiger partial charge on any atom is -0.496 e. The number of methoxy groups -OCH3 is 1. The van der Waals surface area contributed by atoms with E-state index in [9.17, 15) is 22.8 Å². The van der Waals surface area contributed by atoms with Crippen LogP contribution in [0.2, 0.25) is 0 Å². The number of ether oxygens (including phenoxy) is 2. The molecule has 4 saturated carbocycles. The highest BCUT2D eigenvalue weighted by atomic mass is 32.2. The molecule has 3 aromatic rings. The molecule has 294 valence electrons. The first kappa shape index (κ1) is 37.9. The number of carbonyl (C=O) groups excluding carboxylic acids is 3. The van der Waals surface area contributed by atoms with Crippen LogP contribution in [0.1, 0.15) is 100.0 Å². The Balaban J connectivity index is 1.10. The molecule has 0 radical (unpaired) electrons. The molecule has 0 saturated heterocycles. The molecule has 12 nitrogen and oxygen atoms in total. The van der Waals surface area contributed by atoms with Crippen molar-refractivity contribution in [2.75, 3.05) is 20.7 Å². The van der Waals surface area contributed by atoms with Crippen LogP contribution in [0.3, 0.4) is 0 Å². The lowest BCUT2D eigenvalue weighted by Crippen LogP contribution is -2.54. The first-order valence-corrected chi connectivity index (χ1v) is 22.3. The minimum absolute atomic E-state index is 0.139. The molecule has 5 aliphatic rings. The van der Waals surface area contributed by atoms with E-state index in [1.54, 1.807) is 30.4 Å². The summed E-state index contributed by atoms with van der Waals surface area (Å²) < 4.78 is 40.4. The topological polar surface area (TPSA) is 157 Å². The van der Waals surface area contributed by atoms with E-state index < -0.39 is 50.6 Å². The van der Waals surface area contributed by atoms with Crippen LogP contribution in [0.5, 0.6) is 11.5 Å². The van der Waals surface area contributed by atoms with E-state index in [1.807, 2.05) is 37.3 Å². The predicted octanol–water partition coefficient (Wildman–Crippen LogP) is 6.18. The highest BCUT2D eigenvalue weighted by Crippen LogP contribution is 2.47. The number of benzene rings is 1. The van der Waals surface area contributed by atoms with Gasteiger partial charge in [0.25, 0.3) is 5.91 Å². The number of carbonyl (C=O) groups is 3. The van der Waals surface area contributed by atoms with Crippen molar-refractivity contribution in [3.8, 4) is 22.9 Å². The summed E-state index contributed by atoms with van der Waals surface area (Å²) in [6.07, 6.45) is 13.7. The highest BCUT2D eigenvalue weighted by Gasteiger charge is 2.62. The zero-order valence-electron chi connectivity index (χ0n) is 31.8. The lowest BCUT2D eigenvalue weighted by atomic mass is 9.90. The Kier molecular flexibility index (Phi) is 10.4. The number of aromatic nitrogens is 2. The van der Waals surface area contributed by atoms with E-state index in [-0.39, 0.29) is 18.2 Å². The number of rotatable bonds is 8. The number of nitrogens with zero attached hydrogens (tertiary/aromatic N) is 3. The van der Waals surface area contributed by atoms with Gasteiger partial charge in [-0.05, 0) is 83.3 Å². The van der Waals surface area contributed by atoms with Crippen molar-refractivity contribution in [2.45, 2.75) is 113 Å². The molecule has 2 aromatic heterocycles. The maximum absolute atomic E-state index is 14.4. The van der Waals surface area contributed by atoms with E-state index >= 15 is 0 Å². The largest absolute Gasteiger partial charge is 0.496 e. The van der Waals surface area contributed by atoms with Gasteiger partial charge < -0.3 is 19.7 Å². The Hall–Kier alpha value is -4.04. The van der Waals surface area contributed by atoms with Crippen LogP contribution in [0.25, 0.3) is 22.3 Å². The molecule has 0 spiro atoms. The molecule has 4 fully saturated rings. The smallest absolute Gasteiger partial charge is 0.259 e. The number of hydrogen-bond donors (Lipinski definition) is 2. The van der Waals surface area contributed by atoms with Gasteiger partial charge in [-0.15, -0.1) is 11.3 Å². The average Bonchev–Trinajstić information content (AvgIpc) is 4.06. The zero-order valence-corrected chi connectivity index (χ0v) is 33.5. The molecule has 1 aromatic carbocycles. The molecule has 5 atom stereocenters. The molecule has 2 N–H and O–H groups in total. The van der Waals surface area contributed by atoms with E-state index in [0.717, 1.165) is 59.3 Å². The van der Waals surface area contributed by atoms with Crippen molar-refractivity contribution in [1.82, 2.24) is 24.9 Å². The second kappa shape index (κ2) is 15.1. The van der Waals surface area contributed by atoms with Gasteiger partial charge in [-0.1, -0.05) is 31.4 Å². The second-order valence-corrected chi connectivity index (χ2v) is 19.1. The Bertz CT molecular complexity index is 2130. The van der Waals surface area contributed by atoms with Gasteiger partial charge in [0, 0.05) is 47.8 Å². The number of amides is 3. The summed E-state index contributed by atoms with van der Waals surface area (Å²) >= 11 is 1.68. The minimum atomic E-state index is -3.83. The molecule has 4 unspecified atom stereocenters. The first-order valence-electron chi connectivity index (χ1n) is 19.9. The zero-order chi connectivity index (χ0) is 38.5. The van der Waals surface area contributed by atoms with Crippen LogP contribution < -0.4 is 19.5 Å². The monoisotopic (exact) mass is 789 g/mol. The average molecular weight is 790 g/mol. The highest BCUT2D eigenvalue weighted by molar-refractivity contribution is 7.91. The van der Waals surface area contributed by atoms with Crippen molar-refractivity contribution < 1.29 is 32.3 Å². The van der Waals surface area contributed by atoms with Crippen molar-refractivity contribution in [3.05, 3.63) is 46.3 Å². The van der Waals surface area contributed by atoms with Gasteiger partial charge in [-0.2, -0.15) is 0 Å². The maximum Gasteiger partial charge on any atom is 0.259 e. The van der Waals surface area contributed by atoms with Crippen LogP contribution in [-0.4, -0.2) is 78.6 Å². The normalized spacial score (nSPS) is 28.5. The fourth-order valence-corrected chi connectivity index (χ4v) is 11.2. The first-order chi connectivity index (χ1) is 26.5. The fraction of sp³-hybridized carbons (Fsp3) is 0.585. The summed E-state index contributed by atoms with van der Waals surface area (Å²) in [6.45, 7) is 2.53. The predicted molar refractivity (Wildman–Crippen MR) is 210 cm³/mol. The summed E-state index contributed by atoms with van der Waals surface area (Å²) in [5.41, 5.74) is 1.67. The van der Waals surface area contributed by atoms with E-state index in [2.05, 4.69) is 15.4 Å². The van der Waals surface area contributed by atoms with Crippen LogP contribution in [-0.2, 0) is 24.4 Å². The van der Waals surface area contributed by atoms with Crippen molar-refractivity contribution in [2.24, 2.45) is 17.8 Å². The third kappa shape index (κ3) is 7.60. The lowest BCUT2D eigenvalue weighted by molar-refractivity contribution is -0.140. The molecule has 4 aliphatic carbocycles. The van der Waals surface area contributed by atoms with Gasteiger partial charge in [-0.3, -0.25) is 19.1 Å². The Morgan fingerprint density at radius 2 is 1.78 bits per heavy atom. The summed E-state index contributed by atoms with van der Waals surface area (Å²) in [5, 5.41) is 6.39. The molecular weight excluding hydrogens is 739 g/mol. The van der Waals surface area contributed by atoms with Crippen molar-refractivity contribution in [3.63, 3.8) is 0 Å². The third-order valence-electron chi connectivity index (χ3n) is 12.4. The number of fused-ring (bicyclic) bond motifs is 3. The quantitative estimate of drug-likeness (QED) is 0.255. The van der Waals surface area contributed by atoms with Crippen LogP contribution in [0.4, 0.5) is 0 Å². The van der Waals surface area contributed by atoms with Gasteiger partial charge in [0.05, 0.1) is 46.1 Å². The van der Waals surface area contributed by atoms with Gasteiger partial charge in [0.2, 0.25) is 21.8 Å². The SMILES string of the molecule is COc1ccc2c(OC3CC4C(=O)NC5(C(=O)NS(=O)(=O)C6CC6)C[C@H]5/C=C\CCCCN(C)C(=O)C4C3)cc(-c3csc(C4CCCCC4)n3)nc2c1C. The molecule has 55 heavy (non-hydrogen) atoms. The van der Waals surface area contributed by atoms with E-state index in [4.69, 9.17) is 19.4 Å². The number of nitrogens with one attached hydrogen (secondary N) is 2. The summed E-state index contributed by atoms with van der Waals surface area (Å²) in [7, 11) is -0.422. The number of thiazole rings is 1. The van der Waals surface area contributed by atoms with Gasteiger partial charge in [-0.25, -0.2) is 18.4 Å². The molecule has 3 heterocycles. The molecule has 8 rings (SSSR count). The van der Waals surface area contributed by atoms with E-state index in [0.29, 0.717) is 55.3 Å². The van der Waals surface area contributed by atoms with Crippen LogP contribution in [0.15, 0.2) is 35.7 Å². The Labute approximate surface area is 326 Å². The Morgan fingerprint density at radius 3 is 2.55 bits per heavy atom. The van der Waals surface area contributed by atoms with Gasteiger partial charge in [0.15, 0.2) is 0 Å². The van der Waals surface area contributed by atoms with Gasteiger partial charge in [0.1, 0.15) is 23.1 Å². The molecule has 1 aliphatic heterocycles. The number of sulfonamides is 1. The molecule has 3 amide bonds. The molecular formula is C41H51N5O7S2. The standard InChI is InChI=1S/C41H51N5O7S2/c1-24-34(52-3)17-16-29-35(21-32(42-36(24)29)33-23-54-38(43-33)25-11-7-6-8-12-25)53-27-19-30-31(20-27)39(48)46(2)18-10-5-4-9-13-26-22-41(26,44-37(30)47)40(49)45-55(50,51)28-14-15-28/h9,13,16-17,21,23,25-28,30-31H,4-8,10-12,14-15,18-20,22H2,1-3H3,(H,44,47)(H,45,49)/b13-9-/t26-,27?,30?,31?,41?/m1/s1. The Morgan fingerprint density at radius 1 is 1.00 bits per heavy atom. The second-order valence-electron chi connectivity index (χ2n) is 16.3. The maximum atomic E-state index is 14.4. The van der Waals surface area contributed by atoms with E-state index in [1.165, 1.54) is 19.3 Å². The summed E-state index contributed by atoms with van der Waals surface area (Å²) in [5.74, 6) is -1.36. The van der Waals surface area contributed by atoms with Crippen molar-refractivity contribution >= 4 is 50.0 Å². The number of pyridine rings is 1. The summed E-state index contributed by atoms with van der Waals surface area (Å²) in [4.78, 5) is 54.0. The third-order valence-corrected chi connectivity index (χ3v) is 15.2. The van der Waals surface area contributed by atoms with Crippen molar-refractivity contribution in [1.29, 1.82) is 0 Å². The van der Waals surface area contributed by atoms with Crippen LogP contribution >= 0.6 is 11.3 Å². The van der Waals surface area contributed by atoms with Crippen LogP contribution in [0, 0.1) is 24.7 Å². The molecule has 0 bridgehead atoms. The lowest BCUT2D eigenvalue weighted by Gasteiger charge is -2.26.